The molecule has 0 radical (unpaired) electrons. The van der Waals surface area contributed by atoms with E-state index in [1.807, 2.05) is 31.2 Å². The summed E-state index contributed by atoms with van der Waals surface area (Å²) in [5, 5.41) is 24.4. The number of nitrogens with zero attached hydrogens (tertiary/aromatic N) is 1. The average molecular weight is 251 g/mol. The Morgan fingerprint density at radius 3 is 2.83 bits per heavy atom. The highest BCUT2D eigenvalue weighted by molar-refractivity contribution is 5.98. The number of aliphatic hydroxyl groups is 1. The third kappa shape index (κ3) is 4.35. The molecule has 0 aromatic heterocycles. The Morgan fingerprint density at radius 2 is 2.17 bits per heavy atom. The highest BCUT2D eigenvalue weighted by atomic mass is 16.4. The summed E-state index contributed by atoms with van der Waals surface area (Å²) in [5.41, 5.74) is 7.30. The van der Waals surface area contributed by atoms with Crippen molar-refractivity contribution in [1.29, 1.82) is 0 Å². The maximum atomic E-state index is 9.42. The minimum Gasteiger partial charge on any atom is -0.409 e. The Bertz CT molecular complexity index is 394. The number of oxime groups is 1. The van der Waals surface area contributed by atoms with Crippen LogP contribution in [0.4, 0.5) is 0 Å². The molecule has 0 bridgehead atoms. The van der Waals surface area contributed by atoms with Crippen LogP contribution in [0.25, 0.3) is 0 Å². The van der Waals surface area contributed by atoms with Crippen molar-refractivity contribution in [1.82, 2.24) is 5.32 Å². The fraction of sp³-hybridized carbons (Fsp3) is 0.462. The number of nitrogens with one attached hydrogen (secondary N) is 1. The second kappa shape index (κ2) is 7.68. The summed E-state index contributed by atoms with van der Waals surface area (Å²) in [6, 6.07) is 7.49. The first-order valence-corrected chi connectivity index (χ1v) is 6.13. The van der Waals surface area contributed by atoms with Gasteiger partial charge in [0.15, 0.2) is 5.84 Å². The largest absolute Gasteiger partial charge is 0.409 e. The summed E-state index contributed by atoms with van der Waals surface area (Å²) in [7, 11) is 0. The van der Waals surface area contributed by atoms with E-state index in [4.69, 9.17) is 10.9 Å². The van der Waals surface area contributed by atoms with E-state index >= 15 is 0 Å². The van der Waals surface area contributed by atoms with Crippen molar-refractivity contribution in [3.63, 3.8) is 0 Å². The summed E-state index contributed by atoms with van der Waals surface area (Å²) >= 11 is 0. The fourth-order valence-corrected chi connectivity index (χ4v) is 1.67. The molecule has 0 fully saturated rings. The van der Waals surface area contributed by atoms with Gasteiger partial charge in [-0.3, -0.25) is 0 Å². The number of hydrogen-bond acceptors (Lipinski definition) is 4. The molecule has 0 saturated heterocycles. The van der Waals surface area contributed by atoms with E-state index in [-0.39, 0.29) is 11.9 Å². The van der Waals surface area contributed by atoms with E-state index < -0.39 is 0 Å². The second-order valence-electron chi connectivity index (χ2n) is 4.17. The van der Waals surface area contributed by atoms with E-state index in [1.165, 1.54) is 0 Å². The van der Waals surface area contributed by atoms with E-state index in [2.05, 4.69) is 10.5 Å². The second-order valence-corrected chi connectivity index (χ2v) is 4.17. The molecule has 0 saturated carbocycles. The molecule has 18 heavy (non-hydrogen) atoms. The molecule has 0 heterocycles. The lowest BCUT2D eigenvalue weighted by atomic mass is 10.1. The first kappa shape index (κ1) is 14.5. The van der Waals surface area contributed by atoms with Gasteiger partial charge in [-0.25, -0.2) is 0 Å². The van der Waals surface area contributed by atoms with Gasteiger partial charge in [-0.15, -0.1) is 0 Å². The van der Waals surface area contributed by atoms with Gasteiger partial charge < -0.3 is 21.4 Å². The van der Waals surface area contributed by atoms with Crippen LogP contribution in [0.15, 0.2) is 29.4 Å². The molecule has 1 aromatic carbocycles. The predicted octanol–water partition coefficient (Wildman–Crippen LogP) is 1.03. The molecule has 5 heteroatoms. The molecule has 1 aromatic rings. The minimum absolute atomic E-state index is 0.112. The molecule has 1 atom stereocenters. The van der Waals surface area contributed by atoms with Crippen molar-refractivity contribution in [2.45, 2.75) is 32.4 Å². The van der Waals surface area contributed by atoms with Gasteiger partial charge in [-0.1, -0.05) is 36.3 Å². The Morgan fingerprint density at radius 1 is 1.44 bits per heavy atom. The summed E-state index contributed by atoms with van der Waals surface area (Å²) < 4.78 is 0. The highest BCUT2D eigenvalue weighted by Gasteiger charge is 2.06. The van der Waals surface area contributed by atoms with Crippen molar-refractivity contribution in [3.05, 3.63) is 35.4 Å². The molecule has 1 unspecified atom stereocenters. The zero-order chi connectivity index (χ0) is 13.4. The van der Waals surface area contributed by atoms with Gasteiger partial charge in [-0.05, 0) is 24.9 Å². The monoisotopic (exact) mass is 251 g/mol. The maximum Gasteiger partial charge on any atom is 0.170 e. The van der Waals surface area contributed by atoms with Crippen LogP contribution >= 0.6 is 0 Å². The van der Waals surface area contributed by atoms with E-state index in [1.54, 1.807) is 0 Å². The summed E-state index contributed by atoms with van der Waals surface area (Å²) in [6.45, 7) is 3.32. The number of hydrogen-bond donors (Lipinski definition) is 4. The summed E-state index contributed by atoms with van der Waals surface area (Å²) in [5.74, 6) is 0.112. The minimum atomic E-state index is -0.253. The lowest BCUT2D eigenvalue weighted by molar-refractivity contribution is 0.159. The molecule has 0 aliphatic carbocycles. The quantitative estimate of drug-likeness (QED) is 0.191. The van der Waals surface area contributed by atoms with Crippen LogP contribution in [-0.4, -0.2) is 28.8 Å². The Labute approximate surface area is 107 Å². The molecule has 100 valence electrons. The Balaban J connectivity index is 2.52. The van der Waals surface area contributed by atoms with Gasteiger partial charge in [-0.2, -0.15) is 0 Å². The van der Waals surface area contributed by atoms with Crippen LogP contribution in [0.3, 0.4) is 0 Å². The SMILES string of the molecule is CCC(O)CCNCc1ccccc1/C(N)=N/O. The van der Waals surface area contributed by atoms with Crippen LogP contribution in [0.5, 0.6) is 0 Å². The normalized spacial score (nSPS) is 13.6. The topological polar surface area (TPSA) is 90.9 Å². The number of nitrogens with two attached hydrogens (primary N) is 1. The third-order valence-corrected chi connectivity index (χ3v) is 2.84. The number of rotatable bonds is 7. The van der Waals surface area contributed by atoms with Crippen LogP contribution in [0.2, 0.25) is 0 Å². The van der Waals surface area contributed by atoms with Gasteiger partial charge in [0, 0.05) is 12.1 Å². The fourth-order valence-electron chi connectivity index (χ4n) is 1.67. The van der Waals surface area contributed by atoms with Gasteiger partial charge in [0.2, 0.25) is 0 Å². The zero-order valence-corrected chi connectivity index (χ0v) is 10.6. The molecular formula is C13H21N3O2. The predicted molar refractivity (Wildman–Crippen MR) is 71.6 cm³/mol. The third-order valence-electron chi connectivity index (χ3n) is 2.84. The van der Waals surface area contributed by atoms with E-state index in [0.29, 0.717) is 6.54 Å². The standard InChI is InChI=1S/C13H21N3O2/c1-2-11(17)7-8-15-9-10-5-3-4-6-12(10)13(14)16-18/h3-6,11,15,17-18H,2,7-9H2,1H3,(H2,14,16). The molecule has 1 rings (SSSR count). The molecule has 5 N–H and O–H groups in total. The van der Waals surface area contributed by atoms with Crippen molar-refractivity contribution in [2.75, 3.05) is 6.54 Å². The molecular weight excluding hydrogens is 230 g/mol. The van der Waals surface area contributed by atoms with Gasteiger partial charge >= 0.3 is 0 Å². The molecule has 0 spiro atoms. The molecule has 0 aliphatic heterocycles. The van der Waals surface area contributed by atoms with E-state index in [9.17, 15) is 5.11 Å². The Kier molecular flexibility index (Phi) is 6.18. The zero-order valence-electron chi connectivity index (χ0n) is 10.6. The first-order valence-electron chi connectivity index (χ1n) is 6.13. The number of amidine groups is 1. The first-order chi connectivity index (χ1) is 8.69. The van der Waals surface area contributed by atoms with Crippen LogP contribution < -0.4 is 11.1 Å². The van der Waals surface area contributed by atoms with E-state index in [0.717, 1.165) is 30.5 Å². The maximum absolute atomic E-state index is 9.42. The summed E-state index contributed by atoms with van der Waals surface area (Å²) in [4.78, 5) is 0. The van der Waals surface area contributed by atoms with Crippen LogP contribution in [0.1, 0.15) is 30.9 Å². The highest BCUT2D eigenvalue weighted by Crippen LogP contribution is 2.08. The smallest absolute Gasteiger partial charge is 0.170 e. The van der Waals surface area contributed by atoms with Crippen LogP contribution in [0, 0.1) is 0 Å². The number of aliphatic hydroxyl groups excluding tert-OH is 1. The van der Waals surface area contributed by atoms with Crippen molar-refractivity contribution in [2.24, 2.45) is 10.9 Å². The molecule has 0 amide bonds. The molecule has 0 aliphatic rings. The average Bonchev–Trinajstić information content (AvgIpc) is 2.42. The van der Waals surface area contributed by atoms with Gasteiger partial charge in [0.1, 0.15) is 0 Å². The lowest BCUT2D eigenvalue weighted by Gasteiger charge is -2.11. The van der Waals surface area contributed by atoms with Crippen molar-refractivity contribution >= 4 is 5.84 Å². The van der Waals surface area contributed by atoms with Gasteiger partial charge in [0.05, 0.1) is 6.10 Å². The van der Waals surface area contributed by atoms with Gasteiger partial charge in [0.25, 0.3) is 0 Å². The lowest BCUT2D eigenvalue weighted by Crippen LogP contribution is -2.22. The van der Waals surface area contributed by atoms with Crippen LogP contribution in [-0.2, 0) is 6.54 Å². The number of benzene rings is 1. The van der Waals surface area contributed by atoms with Crippen molar-refractivity contribution in [3.8, 4) is 0 Å². The molecule has 5 nitrogen and oxygen atoms in total. The Hall–Kier alpha value is -1.59. The van der Waals surface area contributed by atoms with Crippen molar-refractivity contribution < 1.29 is 10.3 Å². The summed E-state index contributed by atoms with van der Waals surface area (Å²) in [6.07, 6.45) is 1.24.